The van der Waals surface area contributed by atoms with Gasteiger partial charge in [-0.15, -0.1) is 0 Å². The third-order valence-corrected chi connectivity index (χ3v) is 6.03. The Morgan fingerprint density at radius 3 is 2.61 bits per heavy atom. The topological polar surface area (TPSA) is 46.2 Å². The molecule has 1 aromatic rings. The highest BCUT2D eigenvalue weighted by atomic mass is 79.9. The Morgan fingerprint density at radius 2 is 2.06 bits per heavy atom. The quantitative estimate of drug-likeness (QED) is 0.792. The van der Waals surface area contributed by atoms with Crippen molar-refractivity contribution in [1.29, 1.82) is 0 Å². The summed E-state index contributed by atoms with van der Waals surface area (Å²) < 4.78 is 40.9. The molecule has 1 fully saturated rings. The van der Waals surface area contributed by atoms with E-state index in [1.807, 2.05) is 0 Å². The highest BCUT2D eigenvalue weighted by molar-refractivity contribution is 9.10. The van der Waals surface area contributed by atoms with Crippen molar-refractivity contribution in [3.05, 3.63) is 28.5 Å². The predicted molar refractivity (Wildman–Crippen MR) is 74.8 cm³/mol. The lowest BCUT2D eigenvalue weighted by Gasteiger charge is -2.16. The minimum Gasteiger partial charge on any atom is -0.207 e. The molecule has 0 spiro atoms. The van der Waals surface area contributed by atoms with E-state index in [1.165, 1.54) is 12.1 Å². The molecule has 0 heterocycles. The third kappa shape index (κ3) is 3.12. The highest BCUT2D eigenvalue weighted by Crippen LogP contribution is 2.27. The minimum atomic E-state index is -3.80. The lowest BCUT2D eigenvalue weighted by molar-refractivity contribution is 0.539. The van der Waals surface area contributed by atoms with E-state index in [9.17, 15) is 12.8 Å². The first-order valence-electron chi connectivity index (χ1n) is 5.51. The number of benzene rings is 1. The van der Waals surface area contributed by atoms with Crippen molar-refractivity contribution in [3.8, 4) is 0 Å². The molecule has 1 aliphatic carbocycles. The van der Waals surface area contributed by atoms with Gasteiger partial charge in [0, 0.05) is 15.3 Å². The van der Waals surface area contributed by atoms with Gasteiger partial charge in [-0.25, -0.2) is 17.5 Å². The second-order valence-corrected chi connectivity index (χ2v) is 8.02. The number of hydrogen-bond acceptors (Lipinski definition) is 2. The standard InChI is InChI=1S/C11H12Br2FNO2S/c12-7-4-5-11(9(14)6-7)18(16,17)15-10-3-1-2-8(10)13/h4-6,8,10,15H,1-3H2. The van der Waals surface area contributed by atoms with Crippen LogP contribution >= 0.6 is 31.9 Å². The Bertz CT molecular complexity index is 550. The molecular weight excluding hydrogens is 389 g/mol. The van der Waals surface area contributed by atoms with E-state index < -0.39 is 15.8 Å². The van der Waals surface area contributed by atoms with Crippen molar-refractivity contribution in [2.45, 2.75) is 35.0 Å². The second-order valence-electron chi connectivity index (χ2n) is 4.25. The average Bonchev–Trinajstić information content (AvgIpc) is 2.63. The van der Waals surface area contributed by atoms with Gasteiger partial charge >= 0.3 is 0 Å². The molecule has 2 rings (SSSR count). The zero-order valence-electron chi connectivity index (χ0n) is 9.37. The Kier molecular flexibility index (Phi) is 4.46. The van der Waals surface area contributed by atoms with Crippen LogP contribution in [0.15, 0.2) is 27.6 Å². The van der Waals surface area contributed by atoms with Crippen molar-refractivity contribution in [1.82, 2.24) is 4.72 Å². The summed E-state index contributed by atoms with van der Waals surface area (Å²) in [6.45, 7) is 0. The van der Waals surface area contributed by atoms with Gasteiger partial charge in [0.05, 0.1) is 0 Å². The Labute approximate surface area is 122 Å². The molecule has 0 amide bonds. The smallest absolute Gasteiger partial charge is 0.207 e. The molecule has 3 nitrogen and oxygen atoms in total. The molecule has 18 heavy (non-hydrogen) atoms. The highest BCUT2D eigenvalue weighted by Gasteiger charge is 2.30. The summed E-state index contributed by atoms with van der Waals surface area (Å²) in [6.07, 6.45) is 2.66. The fraction of sp³-hybridized carbons (Fsp3) is 0.455. The van der Waals surface area contributed by atoms with Gasteiger partial charge in [-0.2, -0.15) is 0 Å². The maximum Gasteiger partial charge on any atom is 0.243 e. The zero-order chi connectivity index (χ0) is 13.3. The van der Waals surface area contributed by atoms with Crippen LogP contribution < -0.4 is 4.72 Å². The minimum absolute atomic E-state index is 0.116. The summed E-state index contributed by atoms with van der Waals surface area (Å²) in [7, 11) is -3.80. The summed E-state index contributed by atoms with van der Waals surface area (Å²) in [4.78, 5) is -0.192. The largest absolute Gasteiger partial charge is 0.243 e. The molecule has 0 bridgehead atoms. The molecule has 1 N–H and O–H groups in total. The maximum atomic E-state index is 13.7. The summed E-state index contributed by atoms with van der Waals surface area (Å²) in [5, 5.41) is 0. The van der Waals surface area contributed by atoms with Crippen LogP contribution in [0, 0.1) is 5.82 Å². The van der Waals surface area contributed by atoms with Gasteiger partial charge in [0.15, 0.2) is 0 Å². The number of alkyl halides is 1. The Hall–Kier alpha value is 0.0200. The molecule has 2 unspecified atom stereocenters. The van der Waals surface area contributed by atoms with Crippen molar-refractivity contribution in [2.75, 3.05) is 0 Å². The maximum absolute atomic E-state index is 13.7. The van der Waals surface area contributed by atoms with Crippen LogP contribution in [0.2, 0.25) is 0 Å². The van der Waals surface area contributed by atoms with Gasteiger partial charge in [-0.3, -0.25) is 0 Å². The Morgan fingerprint density at radius 1 is 1.33 bits per heavy atom. The van der Waals surface area contributed by atoms with E-state index in [4.69, 9.17) is 0 Å². The fourth-order valence-corrected chi connectivity index (χ4v) is 4.60. The van der Waals surface area contributed by atoms with Gasteiger partial charge in [0.2, 0.25) is 10.0 Å². The van der Waals surface area contributed by atoms with Gasteiger partial charge in [-0.1, -0.05) is 38.3 Å². The Balaban J connectivity index is 2.25. The van der Waals surface area contributed by atoms with Crippen LogP contribution in [0.1, 0.15) is 19.3 Å². The van der Waals surface area contributed by atoms with E-state index in [0.717, 1.165) is 25.3 Å². The van der Waals surface area contributed by atoms with E-state index in [1.54, 1.807) is 0 Å². The first-order chi connectivity index (χ1) is 8.40. The summed E-state index contributed by atoms with van der Waals surface area (Å²) in [5.41, 5.74) is 0. The van der Waals surface area contributed by atoms with E-state index in [2.05, 4.69) is 36.6 Å². The molecule has 0 saturated heterocycles. The van der Waals surface area contributed by atoms with Gasteiger partial charge < -0.3 is 0 Å². The van der Waals surface area contributed by atoms with E-state index in [-0.39, 0.29) is 15.8 Å². The van der Waals surface area contributed by atoms with Crippen molar-refractivity contribution in [2.24, 2.45) is 0 Å². The first-order valence-corrected chi connectivity index (χ1v) is 8.71. The molecule has 0 aliphatic heterocycles. The van der Waals surface area contributed by atoms with Gasteiger partial charge in [0.1, 0.15) is 10.7 Å². The molecular formula is C11H12Br2FNO2S. The molecule has 7 heteroatoms. The van der Waals surface area contributed by atoms with E-state index >= 15 is 0 Å². The summed E-state index contributed by atoms with van der Waals surface area (Å²) >= 11 is 6.53. The molecule has 100 valence electrons. The zero-order valence-corrected chi connectivity index (χ0v) is 13.4. The van der Waals surface area contributed by atoms with Crippen LogP contribution in [0.5, 0.6) is 0 Å². The van der Waals surface area contributed by atoms with Crippen molar-refractivity contribution >= 4 is 41.9 Å². The van der Waals surface area contributed by atoms with Gasteiger partial charge in [-0.05, 0) is 31.0 Å². The molecule has 1 aromatic carbocycles. The second kappa shape index (κ2) is 5.56. The SMILES string of the molecule is O=S(=O)(NC1CCCC1Br)c1ccc(Br)cc1F. The summed E-state index contributed by atoms with van der Waals surface area (Å²) in [5.74, 6) is -0.749. The first kappa shape index (κ1) is 14.4. The monoisotopic (exact) mass is 399 g/mol. The van der Waals surface area contributed by atoms with Crippen LogP contribution in [0.25, 0.3) is 0 Å². The van der Waals surface area contributed by atoms with Gasteiger partial charge in [0.25, 0.3) is 0 Å². The third-order valence-electron chi connectivity index (χ3n) is 2.92. The molecule has 1 saturated carbocycles. The number of halogens is 3. The molecule has 0 aromatic heterocycles. The van der Waals surface area contributed by atoms with Crippen LogP contribution in [-0.2, 0) is 10.0 Å². The van der Waals surface area contributed by atoms with Crippen molar-refractivity contribution < 1.29 is 12.8 Å². The molecule has 0 radical (unpaired) electrons. The molecule has 1 aliphatic rings. The van der Waals surface area contributed by atoms with Crippen LogP contribution in [-0.4, -0.2) is 19.3 Å². The lowest BCUT2D eigenvalue weighted by atomic mass is 10.3. The average molecular weight is 401 g/mol. The summed E-state index contributed by atoms with van der Waals surface area (Å²) in [6, 6.07) is 3.75. The van der Waals surface area contributed by atoms with E-state index in [0.29, 0.717) is 4.47 Å². The molecule has 2 atom stereocenters. The predicted octanol–water partition coefficient (Wildman–Crippen LogP) is 3.18. The number of rotatable bonds is 3. The number of hydrogen-bond donors (Lipinski definition) is 1. The number of sulfonamides is 1. The fourth-order valence-electron chi connectivity index (χ4n) is 2.00. The lowest BCUT2D eigenvalue weighted by Crippen LogP contribution is -2.37. The van der Waals surface area contributed by atoms with Crippen LogP contribution in [0.3, 0.4) is 0 Å². The normalized spacial score (nSPS) is 24.4. The van der Waals surface area contributed by atoms with Crippen molar-refractivity contribution in [3.63, 3.8) is 0 Å². The number of nitrogens with one attached hydrogen (secondary N) is 1. The van der Waals surface area contributed by atoms with Crippen LogP contribution in [0.4, 0.5) is 4.39 Å².